The van der Waals surface area contributed by atoms with Crippen molar-refractivity contribution in [2.75, 3.05) is 5.32 Å². The van der Waals surface area contributed by atoms with E-state index < -0.39 is 6.61 Å². The minimum Gasteiger partial charge on any atom is -0.504 e. The molecule has 0 saturated heterocycles. The normalized spacial score (nSPS) is 10.7. The molecule has 0 unspecified atom stereocenters. The molecule has 0 amide bonds. The largest absolute Gasteiger partial charge is 0.504 e. The smallest absolute Gasteiger partial charge is 0.387 e. The van der Waals surface area contributed by atoms with Crippen molar-refractivity contribution < 1.29 is 23.7 Å². The van der Waals surface area contributed by atoms with Crippen LogP contribution in [0.1, 0.15) is 5.56 Å². The van der Waals surface area contributed by atoms with Gasteiger partial charge < -0.3 is 20.3 Å². The Kier molecular flexibility index (Phi) is 4.70. The van der Waals surface area contributed by atoms with E-state index in [0.29, 0.717) is 11.3 Å². The van der Waals surface area contributed by atoms with E-state index in [9.17, 15) is 19.0 Å². The summed E-state index contributed by atoms with van der Waals surface area (Å²) in [6.45, 7) is -2.71. The van der Waals surface area contributed by atoms with Gasteiger partial charge in [-0.05, 0) is 24.3 Å². The molecular formula is C14H12ClF2NO3. The van der Waals surface area contributed by atoms with Gasteiger partial charge in [-0.1, -0.05) is 23.7 Å². The third-order valence-corrected chi connectivity index (χ3v) is 3.02. The lowest BCUT2D eigenvalue weighted by atomic mass is 10.2. The first kappa shape index (κ1) is 15.2. The van der Waals surface area contributed by atoms with Crippen LogP contribution in [0.3, 0.4) is 0 Å². The molecule has 0 aliphatic heterocycles. The fraction of sp³-hybridized carbons (Fsp3) is 0.143. The molecule has 0 heterocycles. The quantitative estimate of drug-likeness (QED) is 0.731. The number of hydrogen-bond acceptors (Lipinski definition) is 4. The first-order valence-corrected chi connectivity index (χ1v) is 6.33. The maximum absolute atomic E-state index is 12.1. The lowest BCUT2D eigenvalue weighted by Crippen LogP contribution is -2.03. The molecule has 0 aromatic heterocycles. The zero-order valence-corrected chi connectivity index (χ0v) is 11.4. The van der Waals surface area contributed by atoms with Crippen LogP contribution < -0.4 is 10.1 Å². The maximum Gasteiger partial charge on any atom is 0.387 e. The molecule has 0 aliphatic rings. The average molecular weight is 316 g/mol. The first-order valence-electron chi connectivity index (χ1n) is 5.95. The topological polar surface area (TPSA) is 61.7 Å². The summed E-state index contributed by atoms with van der Waals surface area (Å²) in [4.78, 5) is 0. The summed E-state index contributed by atoms with van der Waals surface area (Å²) in [5.74, 6) is -0.542. The highest BCUT2D eigenvalue weighted by molar-refractivity contribution is 6.32. The summed E-state index contributed by atoms with van der Waals surface area (Å²) in [6.07, 6.45) is 0. The van der Waals surface area contributed by atoms with E-state index >= 15 is 0 Å². The Hall–Kier alpha value is -2.21. The van der Waals surface area contributed by atoms with E-state index in [1.54, 1.807) is 12.1 Å². The van der Waals surface area contributed by atoms with E-state index in [0.717, 1.165) is 0 Å². The van der Waals surface area contributed by atoms with Crippen molar-refractivity contribution in [1.82, 2.24) is 0 Å². The van der Waals surface area contributed by atoms with Crippen molar-refractivity contribution >= 4 is 17.3 Å². The number of rotatable bonds is 5. The molecule has 112 valence electrons. The first-order chi connectivity index (χ1) is 9.97. The van der Waals surface area contributed by atoms with E-state index in [1.165, 1.54) is 24.3 Å². The molecule has 0 fully saturated rings. The Morgan fingerprint density at radius 2 is 1.95 bits per heavy atom. The fourth-order valence-corrected chi connectivity index (χ4v) is 1.95. The van der Waals surface area contributed by atoms with Gasteiger partial charge in [0, 0.05) is 17.8 Å². The molecule has 7 heteroatoms. The van der Waals surface area contributed by atoms with Gasteiger partial charge in [0.15, 0.2) is 11.5 Å². The molecule has 0 bridgehead atoms. The van der Waals surface area contributed by atoms with Crippen molar-refractivity contribution in [2.24, 2.45) is 0 Å². The van der Waals surface area contributed by atoms with Crippen molar-refractivity contribution in [2.45, 2.75) is 13.2 Å². The van der Waals surface area contributed by atoms with Gasteiger partial charge in [-0.15, -0.1) is 0 Å². The van der Waals surface area contributed by atoms with Gasteiger partial charge in [0.2, 0.25) is 0 Å². The predicted octanol–water partition coefficient (Wildman–Crippen LogP) is 3.96. The Morgan fingerprint density at radius 1 is 1.19 bits per heavy atom. The predicted molar refractivity (Wildman–Crippen MR) is 75.2 cm³/mol. The Bertz CT molecular complexity index is 638. The number of nitrogens with one attached hydrogen (secondary N) is 1. The number of aromatic hydroxyl groups is 2. The fourth-order valence-electron chi connectivity index (χ4n) is 1.72. The van der Waals surface area contributed by atoms with Gasteiger partial charge in [-0.3, -0.25) is 0 Å². The van der Waals surface area contributed by atoms with Gasteiger partial charge in [0.05, 0.1) is 5.02 Å². The molecule has 3 N–H and O–H groups in total. The molecule has 0 aliphatic carbocycles. The molecule has 21 heavy (non-hydrogen) atoms. The van der Waals surface area contributed by atoms with Crippen molar-refractivity contribution in [1.29, 1.82) is 0 Å². The van der Waals surface area contributed by atoms with Gasteiger partial charge in [-0.25, -0.2) is 0 Å². The third kappa shape index (κ3) is 3.88. The van der Waals surface area contributed by atoms with Gasteiger partial charge in [0.25, 0.3) is 0 Å². The molecule has 2 aromatic rings. The number of benzene rings is 2. The van der Waals surface area contributed by atoms with Crippen molar-refractivity contribution in [3.63, 3.8) is 0 Å². The Labute approximate surface area is 124 Å². The molecule has 0 radical (unpaired) electrons. The number of para-hydroxylation sites is 1. The highest BCUT2D eigenvalue weighted by Crippen LogP contribution is 2.31. The number of hydrogen-bond donors (Lipinski definition) is 3. The van der Waals surface area contributed by atoms with E-state index in [1.807, 2.05) is 0 Å². The lowest BCUT2D eigenvalue weighted by molar-refractivity contribution is -0.0497. The molecule has 4 nitrogen and oxygen atoms in total. The second kappa shape index (κ2) is 6.49. The summed E-state index contributed by atoms with van der Waals surface area (Å²) in [6, 6.07) is 8.87. The van der Waals surface area contributed by atoms with Gasteiger partial charge in [0.1, 0.15) is 5.75 Å². The van der Waals surface area contributed by atoms with Crippen LogP contribution in [-0.2, 0) is 6.54 Å². The number of phenolic OH excluding ortho intramolecular Hbond substituents is 2. The van der Waals surface area contributed by atoms with Crippen LogP contribution in [0.2, 0.25) is 5.02 Å². The standard InChI is InChI=1S/C14H12ClF2NO3/c15-10-6-9(4-5-12(10)21-14(16)17)18-7-8-2-1-3-11(19)13(8)20/h1-6,14,18-20H,7H2. The SMILES string of the molecule is Oc1cccc(CNc2ccc(OC(F)F)c(Cl)c2)c1O. The second-order valence-corrected chi connectivity index (χ2v) is 4.57. The summed E-state index contributed by atoms with van der Waals surface area (Å²) in [5, 5.41) is 22.0. The Morgan fingerprint density at radius 3 is 2.62 bits per heavy atom. The number of alkyl halides is 2. The van der Waals surface area contributed by atoms with Crippen LogP contribution in [0.15, 0.2) is 36.4 Å². The minimum absolute atomic E-state index is 0.0421. The highest BCUT2D eigenvalue weighted by Gasteiger charge is 2.10. The maximum atomic E-state index is 12.1. The number of phenols is 2. The molecule has 2 rings (SSSR count). The van der Waals surface area contributed by atoms with Crippen molar-refractivity contribution in [3.8, 4) is 17.2 Å². The van der Waals surface area contributed by atoms with E-state index in [-0.39, 0.29) is 28.8 Å². The van der Waals surface area contributed by atoms with Crippen LogP contribution >= 0.6 is 11.6 Å². The summed E-state index contributed by atoms with van der Waals surface area (Å²) in [7, 11) is 0. The number of halogens is 3. The average Bonchev–Trinajstić information content (AvgIpc) is 2.43. The van der Waals surface area contributed by atoms with Crippen LogP contribution in [0.25, 0.3) is 0 Å². The van der Waals surface area contributed by atoms with Gasteiger partial charge >= 0.3 is 6.61 Å². The number of ether oxygens (including phenoxy) is 1. The summed E-state index contributed by atoms with van der Waals surface area (Å²) < 4.78 is 28.4. The second-order valence-electron chi connectivity index (χ2n) is 4.16. The molecular weight excluding hydrogens is 304 g/mol. The Balaban J connectivity index is 2.07. The molecule has 0 saturated carbocycles. The summed E-state index contributed by atoms with van der Waals surface area (Å²) in [5.41, 5.74) is 1.04. The van der Waals surface area contributed by atoms with Gasteiger partial charge in [-0.2, -0.15) is 8.78 Å². The van der Waals surface area contributed by atoms with Crippen LogP contribution in [0, 0.1) is 0 Å². The molecule has 0 spiro atoms. The van der Waals surface area contributed by atoms with Crippen LogP contribution in [-0.4, -0.2) is 16.8 Å². The molecule has 2 aromatic carbocycles. The lowest BCUT2D eigenvalue weighted by Gasteiger charge is -2.11. The summed E-state index contributed by atoms with van der Waals surface area (Å²) >= 11 is 5.82. The highest BCUT2D eigenvalue weighted by atomic mass is 35.5. The number of anilines is 1. The third-order valence-electron chi connectivity index (χ3n) is 2.73. The zero-order valence-electron chi connectivity index (χ0n) is 10.7. The van der Waals surface area contributed by atoms with E-state index in [4.69, 9.17) is 11.6 Å². The monoisotopic (exact) mass is 315 g/mol. The minimum atomic E-state index is -2.94. The van der Waals surface area contributed by atoms with Crippen LogP contribution in [0.5, 0.6) is 17.2 Å². The van der Waals surface area contributed by atoms with Crippen molar-refractivity contribution in [3.05, 3.63) is 47.0 Å². The van der Waals surface area contributed by atoms with Crippen LogP contribution in [0.4, 0.5) is 14.5 Å². The molecule has 0 atom stereocenters. The van der Waals surface area contributed by atoms with E-state index in [2.05, 4.69) is 10.1 Å². The zero-order chi connectivity index (χ0) is 15.4.